The predicted molar refractivity (Wildman–Crippen MR) is 136 cm³/mol. The van der Waals surface area contributed by atoms with E-state index in [4.69, 9.17) is 11.6 Å². The highest BCUT2D eigenvalue weighted by atomic mass is 35.5. The van der Waals surface area contributed by atoms with E-state index >= 15 is 0 Å². The minimum Gasteiger partial charge on any atom is -0.478 e. The van der Waals surface area contributed by atoms with Gasteiger partial charge in [0.1, 0.15) is 0 Å². The van der Waals surface area contributed by atoms with Crippen molar-refractivity contribution in [1.82, 2.24) is 13.9 Å². The molecule has 0 atom stereocenters. The molecule has 36 heavy (non-hydrogen) atoms. The number of imidazole rings is 1. The zero-order valence-corrected chi connectivity index (χ0v) is 20.6. The van der Waals surface area contributed by atoms with Crippen LogP contribution in [0.15, 0.2) is 76.4 Å². The average molecular weight is 524 g/mol. The van der Waals surface area contributed by atoms with Gasteiger partial charge in [-0.3, -0.25) is 9.13 Å². The number of hydrogen-bond donors (Lipinski definition) is 2. The van der Waals surface area contributed by atoms with Gasteiger partial charge in [-0.25, -0.2) is 22.7 Å². The molecule has 4 aromatic rings. The standard InChI is InChI=1S/C26H22ClN3O5S/c27-18-4-11-22-23(15-18)29(20-7-9-21(10-8-20)36(34,35)28-19-5-6-19)25(33)30(22)26(12-13-26)17-3-1-2-16(14-17)24(31)32/h1-4,7-11,14-15,19,28H,5-6,12-13H2,(H,31,32). The van der Waals surface area contributed by atoms with E-state index in [1.54, 1.807) is 47.0 Å². The van der Waals surface area contributed by atoms with Crippen molar-refractivity contribution in [3.05, 3.63) is 93.4 Å². The zero-order valence-electron chi connectivity index (χ0n) is 19.0. The molecule has 2 aliphatic rings. The second-order valence-corrected chi connectivity index (χ2v) is 11.5. The number of benzene rings is 3. The monoisotopic (exact) mass is 523 g/mol. The Hall–Kier alpha value is -3.40. The van der Waals surface area contributed by atoms with Crippen LogP contribution in [0.2, 0.25) is 5.02 Å². The molecule has 0 bridgehead atoms. The Morgan fingerprint density at radius 2 is 1.72 bits per heavy atom. The first-order chi connectivity index (χ1) is 17.2. The Morgan fingerprint density at radius 3 is 2.36 bits per heavy atom. The van der Waals surface area contributed by atoms with E-state index in [2.05, 4.69) is 4.72 Å². The number of carboxylic acids is 1. The minimum absolute atomic E-state index is 0.00762. The van der Waals surface area contributed by atoms with Crippen LogP contribution in [0, 0.1) is 0 Å². The molecule has 8 nitrogen and oxygen atoms in total. The molecule has 10 heteroatoms. The van der Waals surface area contributed by atoms with Gasteiger partial charge in [0.2, 0.25) is 10.0 Å². The van der Waals surface area contributed by atoms with Gasteiger partial charge in [-0.1, -0.05) is 23.7 Å². The first-order valence-corrected chi connectivity index (χ1v) is 13.5. The molecule has 0 amide bonds. The molecule has 2 aliphatic carbocycles. The first-order valence-electron chi connectivity index (χ1n) is 11.6. The molecular formula is C26H22ClN3O5S. The van der Waals surface area contributed by atoms with Crippen LogP contribution >= 0.6 is 11.6 Å². The number of fused-ring (bicyclic) bond motifs is 1. The number of nitrogens with zero attached hydrogens (tertiary/aromatic N) is 2. The fourth-order valence-electron chi connectivity index (χ4n) is 4.80. The molecule has 1 heterocycles. The SMILES string of the molecule is O=C(O)c1cccc(C2(n3c(=O)n(-c4ccc(S(=O)(=O)NC5CC5)cc4)c4cc(Cl)ccc43)CC2)c1. The minimum atomic E-state index is -3.62. The number of carboxylic acid groups (broad SMARTS) is 1. The topological polar surface area (TPSA) is 110 Å². The van der Waals surface area contributed by atoms with Gasteiger partial charge >= 0.3 is 11.7 Å². The van der Waals surface area contributed by atoms with E-state index in [-0.39, 0.29) is 22.2 Å². The highest BCUT2D eigenvalue weighted by molar-refractivity contribution is 7.89. The summed E-state index contributed by atoms with van der Waals surface area (Å²) in [5, 5.41) is 9.93. The predicted octanol–water partition coefficient (Wildman–Crippen LogP) is 4.12. The molecule has 184 valence electrons. The van der Waals surface area contributed by atoms with Gasteiger partial charge in [0.05, 0.1) is 32.7 Å². The number of nitrogens with one attached hydrogen (secondary N) is 1. The Labute approximate surface area is 211 Å². The lowest BCUT2D eigenvalue weighted by Gasteiger charge is -2.18. The van der Waals surface area contributed by atoms with Crippen LogP contribution in [0.1, 0.15) is 41.6 Å². The van der Waals surface area contributed by atoms with Crippen LogP contribution in [0.3, 0.4) is 0 Å². The van der Waals surface area contributed by atoms with Crippen LogP contribution in [-0.2, 0) is 15.6 Å². The molecule has 1 aromatic heterocycles. The van der Waals surface area contributed by atoms with Crippen molar-refractivity contribution < 1.29 is 18.3 Å². The third kappa shape index (κ3) is 3.75. The second-order valence-electron chi connectivity index (χ2n) is 9.39. The Balaban J connectivity index is 1.50. The quantitative estimate of drug-likeness (QED) is 0.378. The van der Waals surface area contributed by atoms with Crippen molar-refractivity contribution >= 4 is 38.6 Å². The summed E-state index contributed by atoms with van der Waals surface area (Å²) in [4.78, 5) is 25.7. The smallest absolute Gasteiger partial charge is 0.335 e. The highest BCUT2D eigenvalue weighted by Crippen LogP contribution is 2.50. The Kier molecular flexibility index (Phi) is 5.15. The Bertz CT molecular complexity index is 1700. The van der Waals surface area contributed by atoms with Crippen LogP contribution in [0.25, 0.3) is 16.7 Å². The third-order valence-corrected chi connectivity index (χ3v) is 8.68. The van der Waals surface area contributed by atoms with Crippen molar-refractivity contribution in [2.24, 2.45) is 0 Å². The fourth-order valence-corrected chi connectivity index (χ4v) is 6.27. The lowest BCUT2D eigenvalue weighted by Crippen LogP contribution is -2.32. The largest absolute Gasteiger partial charge is 0.478 e. The van der Waals surface area contributed by atoms with Crippen molar-refractivity contribution in [3.8, 4) is 5.69 Å². The van der Waals surface area contributed by atoms with Gasteiger partial charge in [-0.15, -0.1) is 0 Å². The van der Waals surface area contributed by atoms with Crippen LogP contribution in [-0.4, -0.2) is 34.7 Å². The molecular weight excluding hydrogens is 502 g/mol. The summed E-state index contributed by atoms with van der Waals surface area (Å²) in [6.07, 6.45) is 3.04. The fraction of sp³-hybridized carbons (Fsp3) is 0.231. The first kappa shape index (κ1) is 23.0. The van der Waals surface area contributed by atoms with Gasteiger partial charge in [0.25, 0.3) is 0 Å². The van der Waals surface area contributed by atoms with E-state index in [1.807, 2.05) is 6.07 Å². The van der Waals surface area contributed by atoms with Crippen LogP contribution < -0.4 is 10.4 Å². The van der Waals surface area contributed by atoms with Gasteiger partial charge in [-0.05, 0) is 85.8 Å². The summed E-state index contributed by atoms with van der Waals surface area (Å²) in [6, 6.07) is 18.1. The second kappa shape index (κ2) is 8.06. The zero-order chi connectivity index (χ0) is 25.2. The number of carbonyl (C=O) groups is 1. The lowest BCUT2D eigenvalue weighted by molar-refractivity contribution is 0.0696. The van der Waals surface area contributed by atoms with Gasteiger partial charge in [0.15, 0.2) is 0 Å². The van der Waals surface area contributed by atoms with E-state index in [0.29, 0.717) is 34.6 Å². The molecule has 0 unspecified atom stereocenters. The number of aromatic carboxylic acids is 1. The summed E-state index contributed by atoms with van der Waals surface area (Å²) in [5.74, 6) is -1.03. The molecule has 0 spiro atoms. The molecule has 3 aromatic carbocycles. The average Bonchev–Trinajstić information content (AvgIpc) is 3.78. The maximum Gasteiger partial charge on any atom is 0.335 e. The molecule has 0 aliphatic heterocycles. The summed E-state index contributed by atoms with van der Waals surface area (Å²) >= 11 is 6.30. The lowest BCUT2D eigenvalue weighted by atomic mass is 10.0. The molecule has 0 radical (unpaired) electrons. The summed E-state index contributed by atoms with van der Waals surface area (Å²) in [6.45, 7) is 0. The molecule has 0 saturated heterocycles. The number of rotatable bonds is 7. The van der Waals surface area contributed by atoms with E-state index in [9.17, 15) is 23.1 Å². The maximum atomic E-state index is 14.0. The summed E-state index contributed by atoms with van der Waals surface area (Å²) < 4.78 is 31.1. The van der Waals surface area contributed by atoms with Gasteiger partial charge in [0, 0.05) is 11.1 Å². The molecule has 2 fully saturated rings. The highest BCUT2D eigenvalue weighted by Gasteiger charge is 2.49. The van der Waals surface area contributed by atoms with E-state index in [1.165, 1.54) is 22.8 Å². The van der Waals surface area contributed by atoms with Crippen molar-refractivity contribution in [3.63, 3.8) is 0 Å². The molecule has 6 rings (SSSR count). The van der Waals surface area contributed by atoms with Crippen molar-refractivity contribution in [2.45, 2.75) is 42.2 Å². The van der Waals surface area contributed by atoms with E-state index in [0.717, 1.165) is 18.4 Å². The Morgan fingerprint density at radius 1 is 1.00 bits per heavy atom. The molecule has 2 saturated carbocycles. The number of halogens is 1. The number of hydrogen-bond acceptors (Lipinski definition) is 4. The molecule has 2 N–H and O–H groups in total. The van der Waals surface area contributed by atoms with Crippen LogP contribution in [0.5, 0.6) is 0 Å². The number of sulfonamides is 1. The maximum absolute atomic E-state index is 14.0. The van der Waals surface area contributed by atoms with Crippen molar-refractivity contribution in [1.29, 1.82) is 0 Å². The van der Waals surface area contributed by atoms with Crippen LogP contribution in [0.4, 0.5) is 0 Å². The van der Waals surface area contributed by atoms with Crippen molar-refractivity contribution in [2.75, 3.05) is 0 Å². The van der Waals surface area contributed by atoms with Gasteiger partial charge in [-0.2, -0.15) is 0 Å². The third-order valence-electron chi connectivity index (χ3n) is 6.90. The normalized spacial score (nSPS) is 16.8. The number of aromatic nitrogens is 2. The summed E-state index contributed by atoms with van der Waals surface area (Å²) in [7, 11) is -3.62. The summed E-state index contributed by atoms with van der Waals surface area (Å²) in [5.41, 5.74) is 1.69. The van der Waals surface area contributed by atoms with Gasteiger partial charge < -0.3 is 5.11 Å². The van der Waals surface area contributed by atoms with E-state index < -0.39 is 21.5 Å².